The molecule has 2 aromatic carbocycles. The van der Waals surface area contributed by atoms with E-state index in [1.807, 2.05) is 24.3 Å². The van der Waals surface area contributed by atoms with Gasteiger partial charge in [0, 0.05) is 10.6 Å². The fraction of sp³-hybridized carbons (Fsp3) is 0. The van der Waals surface area contributed by atoms with Crippen molar-refractivity contribution < 1.29 is 0 Å². The molecule has 0 aliphatic carbocycles. The molecule has 0 amide bonds. The maximum atomic E-state index is 6.04. The Hall–Kier alpha value is -1.29. The first-order valence-electron chi connectivity index (χ1n) is 5.25. The quantitative estimate of drug-likeness (QED) is 0.652. The molecule has 0 fully saturated rings. The van der Waals surface area contributed by atoms with Gasteiger partial charge in [0.25, 0.3) is 0 Å². The van der Waals surface area contributed by atoms with E-state index in [2.05, 4.69) is 4.98 Å². The van der Waals surface area contributed by atoms with Crippen molar-refractivity contribution in [3.8, 4) is 10.6 Å². The number of aromatic nitrogens is 1. The van der Waals surface area contributed by atoms with E-state index in [1.165, 1.54) is 0 Å². The average Bonchev–Trinajstić information content (AvgIpc) is 2.77. The summed E-state index contributed by atoms with van der Waals surface area (Å²) in [4.78, 5) is 4.55. The molecule has 0 radical (unpaired) electrons. The van der Waals surface area contributed by atoms with E-state index in [9.17, 15) is 0 Å². The molecule has 3 rings (SSSR count). The van der Waals surface area contributed by atoms with Crippen molar-refractivity contribution in [1.82, 2.24) is 4.98 Å². The zero-order valence-electron chi connectivity index (χ0n) is 9.15. The lowest BCUT2D eigenvalue weighted by Gasteiger charge is -2.05. The highest BCUT2D eigenvalue weighted by Gasteiger charge is 2.12. The van der Waals surface area contributed by atoms with Gasteiger partial charge in [-0.15, -0.1) is 11.3 Å². The number of nitrogens with zero attached hydrogens (tertiary/aromatic N) is 1. The number of nitrogens with two attached hydrogens (primary N) is 1. The van der Waals surface area contributed by atoms with Crippen LogP contribution in [-0.2, 0) is 0 Å². The fourth-order valence-electron chi connectivity index (χ4n) is 1.75. The number of thiazole rings is 1. The summed E-state index contributed by atoms with van der Waals surface area (Å²) >= 11 is 13.6. The first-order valence-corrected chi connectivity index (χ1v) is 6.83. The monoisotopic (exact) mass is 294 g/mol. The molecule has 0 aliphatic heterocycles. The third-order valence-corrected chi connectivity index (χ3v) is 4.22. The Balaban J connectivity index is 2.26. The van der Waals surface area contributed by atoms with E-state index in [-0.39, 0.29) is 0 Å². The minimum absolute atomic E-state index is 0.455. The van der Waals surface area contributed by atoms with Crippen LogP contribution in [0.5, 0.6) is 0 Å². The minimum Gasteiger partial charge on any atom is -0.397 e. The van der Waals surface area contributed by atoms with Crippen molar-refractivity contribution in [3.05, 3.63) is 46.4 Å². The van der Waals surface area contributed by atoms with E-state index in [0.717, 1.165) is 20.8 Å². The molecule has 90 valence electrons. The van der Waals surface area contributed by atoms with Gasteiger partial charge in [-0.1, -0.05) is 35.3 Å². The van der Waals surface area contributed by atoms with Crippen LogP contribution in [0.2, 0.25) is 10.0 Å². The zero-order valence-corrected chi connectivity index (χ0v) is 11.5. The molecule has 18 heavy (non-hydrogen) atoms. The van der Waals surface area contributed by atoms with Crippen molar-refractivity contribution in [3.63, 3.8) is 0 Å². The van der Waals surface area contributed by atoms with E-state index < -0.39 is 0 Å². The Morgan fingerprint density at radius 3 is 2.67 bits per heavy atom. The smallest absolute Gasteiger partial charge is 0.126 e. The Labute approximate surface area is 118 Å². The molecule has 0 saturated carbocycles. The number of para-hydroxylation sites is 1. The summed E-state index contributed by atoms with van der Waals surface area (Å²) < 4.78 is 1.11. The molecule has 0 bridgehead atoms. The summed E-state index contributed by atoms with van der Waals surface area (Å²) in [5.41, 5.74) is 8.23. The van der Waals surface area contributed by atoms with Crippen LogP contribution >= 0.6 is 34.5 Å². The summed E-state index contributed by atoms with van der Waals surface area (Å²) in [5.74, 6) is 0. The Bertz CT molecular complexity index is 704. The second-order valence-electron chi connectivity index (χ2n) is 3.84. The van der Waals surface area contributed by atoms with Gasteiger partial charge >= 0.3 is 0 Å². The van der Waals surface area contributed by atoms with Gasteiger partial charge in [-0.25, -0.2) is 4.98 Å². The van der Waals surface area contributed by atoms with Crippen LogP contribution in [0.3, 0.4) is 0 Å². The molecule has 0 atom stereocenters. The summed E-state index contributed by atoms with van der Waals surface area (Å²) in [7, 11) is 0. The van der Waals surface area contributed by atoms with Crippen LogP contribution in [0, 0.1) is 0 Å². The van der Waals surface area contributed by atoms with Crippen LogP contribution < -0.4 is 5.73 Å². The number of halogens is 2. The molecule has 0 saturated heterocycles. The predicted octanol–water partition coefficient (Wildman–Crippen LogP) is 4.85. The van der Waals surface area contributed by atoms with Gasteiger partial charge in [0.1, 0.15) is 5.01 Å². The normalized spacial score (nSPS) is 11.0. The molecule has 0 spiro atoms. The highest BCUT2D eigenvalue weighted by Crippen LogP contribution is 2.38. The third-order valence-electron chi connectivity index (χ3n) is 2.62. The Morgan fingerprint density at radius 1 is 1.11 bits per heavy atom. The highest BCUT2D eigenvalue weighted by atomic mass is 35.5. The minimum atomic E-state index is 0.455. The molecule has 2 nitrogen and oxygen atoms in total. The van der Waals surface area contributed by atoms with E-state index in [0.29, 0.717) is 15.7 Å². The summed E-state index contributed by atoms with van der Waals surface area (Å²) in [6, 6.07) is 11.4. The zero-order chi connectivity index (χ0) is 12.7. The average molecular weight is 295 g/mol. The number of benzene rings is 2. The molecule has 5 heteroatoms. The lowest BCUT2D eigenvalue weighted by Crippen LogP contribution is -1.91. The first-order chi connectivity index (χ1) is 8.65. The first kappa shape index (κ1) is 11.8. The fourth-order valence-corrected chi connectivity index (χ4v) is 3.24. The molecule has 3 aromatic rings. The summed E-state index contributed by atoms with van der Waals surface area (Å²) in [5, 5.41) is 1.85. The molecule has 0 unspecified atom stereocenters. The van der Waals surface area contributed by atoms with Crippen LogP contribution in [0.25, 0.3) is 20.8 Å². The van der Waals surface area contributed by atoms with E-state index in [4.69, 9.17) is 28.9 Å². The van der Waals surface area contributed by atoms with Crippen molar-refractivity contribution in [2.24, 2.45) is 0 Å². The predicted molar refractivity (Wildman–Crippen MR) is 79.5 cm³/mol. The Kier molecular flexibility index (Phi) is 2.90. The number of hydrogen-bond donors (Lipinski definition) is 1. The van der Waals surface area contributed by atoms with Crippen molar-refractivity contribution in [2.75, 3.05) is 5.73 Å². The molecule has 1 aromatic heterocycles. The van der Waals surface area contributed by atoms with Crippen LogP contribution in [-0.4, -0.2) is 4.98 Å². The lowest BCUT2D eigenvalue weighted by atomic mass is 10.2. The largest absolute Gasteiger partial charge is 0.397 e. The summed E-state index contributed by atoms with van der Waals surface area (Å²) in [6.07, 6.45) is 0. The second kappa shape index (κ2) is 4.43. The number of anilines is 1. The van der Waals surface area contributed by atoms with Gasteiger partial charge in [-0.3, -0.25) is 0 Å². The maximum Gasteiger partial charge on any atom is 0.126 e. The van der Waals surface area contributed by atoms with Gasteiger partial charge < -0.3 is 5.73 Å². The summed E-state index contributed by atoms with van der Waals surface area (Å²) in [6.45, 7) is 0. The van der Waals surface area contributed by atoms with E-state index >= 15 is 0 Å². The number of rotatable bonds is 1. The van der Waals surface area contributed by atoms with Crippen molar-refractivity contribution >= 4 is 50.4 Å². The lowest BCUT2D eigenvalue weighted by molar-refractivity contribution is 1.48. The third kappa shape index (κ3) is 1.94. The maximum absolute atomic E-state index is 6.04. The van der Waals surface area contributed by atoms with Crippen LogP contribution in [0.1, 0.15) is 0 Å². The van der Waals surface area contributed by atoms with Crippen molar-refractivity contribution in [1.29, 1.82) is 0 Å². The molecule has 1 heterocycles. The Morgan fingerprint density at radius 2 is 1.89 bits per heavy atom. The molecular weight excluding hydrogens is 287 g/mol. The van der Waals surface area contributed by atoms with Crippen LogP contribution in [0.15, 0.2) is 36.4 Å². The topological polar surface area (TPSA) is 38.9 Å². The van der Waals surface area contributed by atoms with Gasteiger partial charge in [-0.05, 0) is 24.3 Å². The SMILES string of the molecule is Nc1c(Cl)cc(Cl)cc1-c1nc2ccccc2s1. The van der Waals surface area contributed by atoms with Gasteiger partial charge in [0.2, 0.25) is 0 Å². The number of fused-ring (bicyclic) bond motifs is 1. The highest BCUT2D eigenvalue weighted by molar-refractivity contribution is 7.21. The number of nitrogen functional groups attached to an aromatic ring is 1. The standard InChI is InChI=1S/C13H8Cl2N2S/c14-7-5-8(12(16)9(15)6-7)13-17-10-3-1-2-4-11(10)18-13/h1-6H,16H2. The van der Waals surface area contributed by atoms with Crippen LogP contribution in [0.4, 0.5) is 5.69 Å². The number of hydrogen-bond acceptors (Lipinski definition) is 3. The molecule has 2 N–H and O–H groups in total. The molecular formula is C13H8Cl2N2S. The molecule has 0 aliphatic rings. The van der Waals surface area contributed by atoms with Gasteiger partial charge in [0.05, 0.1) is 20.9 Å². The second-order valence-corrected chi connectivity index (χ2v) is 5.71. The van der Waals surface area contributed by atoms with Gasteiger partial charge in [0.15, 0.2) is 0 Å². The van der Waals surface area contributed by atoms with Crippen molar-refractivity contribution in [2.45, 2.75) is 0 Å². The van der Waals surface area contributed by atoms with E-state index in [1.54, 1.807) is 23.5 Å². The van der Waals surface area contributed by atoms with Gasteiger partial charge in [-0.2, -0.15) is 0 Å².